The van der Waals surface area contributed by atoms with Gasteiger partial charge in [-0.25, -0.2) is 0 Å². The third kappa shape index (κ3) is 27.9. The van der Waals surface area contributed by atoms with Crippen LogP contribution in [0.2, 0.25) is 5.02 Å². The van der Waals surface area contributed by atoms with E-state index in [0.717, 1.165) is 92.3 Å². The SMILES string of the molecule is C.C.C.C.C.C.CCC(C)C(=O)NCCOc1c(C)cc(COC)cc1C.CCC(C)c1ccc(OCCOc2c(COC)cc(COC)cc2COC)c(Cl)c1.CCC(C)c1ccc2cc(OCCOc3c(COC)cc(C)cc3COC)ccc2c1. The molecule has 0 aliphatic carbocycles. The molecule has 498 valence electrons. The second-order valence-electron chi connectivity index (χ2n) is 20.7. The molecule has 88 heavy (non-hydrogen) atoms. The fraction of sp³-hybridized carbons (Fsp3) is 0.527. The van der Waals surface area contributed by atoms with Crippen LogP contribution in [0, 0.1) is 26.7 Å². The van der Waals surface area contributed by atoms with E-state index >= 15 is 0 Å². The van der Waals surface area contributed by atoms with Gasteiger partial charge in [-0.05, 0) is 132 Å². The first-order valence-corrected chi connectivity index (χ1v) is 29.0. The lowest BCUT2D eigenvalue weighted by Crippen LogP contribution is -2.32. The lowest BCUT2D eigenvalue weighted by Gasteiger charge is -2.18. The van der Waals surface area contributed by atoms with E-state index in [-0.39, 0.29) is 56.4 Å². The third-order valence-corrected chi connectivity index (χ3v) is 14.4. The molecule has 13 nitrogen and oxygen atoms in total. The summed E-state index contributed by atoms with van der Waals surface area (Å²) in [4.78, 5) is 11.7. The fourth-order valence-electron chi connectivity index (χ4n) is 9.28. The highest BCUT2D eigenvalue weighted by Gasteiger charge is 2.16. The van der Waals surface area contributed by atoms with Gasteiger partial charge in [-0.3, -0.25) is 4.79 Å². The second-order valence-corrected chi connectivity index (χ2v) is 21.1. The highest BCUT2D eigenvalue weighted by atomic mass is 35.5. The molecule has 1 amide bonds. The molecule has 0 fully saturated rings. The Hall–Kier alpha value is -5.90. The Morgan fingerprint density at radius 2 is 0.852 bits per heavy atom. The Morgan fingerprint density at radius 3 is 1.32 bits per heavy atom. The summed E-state index contributed by atoms with van der Waals surface area (Å²) >= 11 is 6.40. The summed E-state index contributed by atoms with van der Waals surface area (Å²) < 4.78 is 61.6. The number of benzene rings is 6. The van der Waals surface area contributed by atoms with Crippen LogP contribution < -0.4 is 29.0 Å². The molecule has 3 atom stereocenters. The summed E-state index contributed by atoms with van der Waals surface area (Å²) in [5, 5.41) is 5.95. The minimum atomic E-state index is 0. The van der Waals surface area contributed by atoms with Gasteiger partial charge in [-0.2, -0.15) is 0 Å². The zero-order chi connectivity index (χ0) is 60.0. The average Bonchev–Trinajstić information content (AvgIpc) is 2.41. The molecule has 1 N–H and O–H groups in total. The maximum absolute atomic E-state index is 11.7. The zero-order valence-corrected chi connectivity index (χ0v) is 52.5. The number of hydrogen-bond acceptors (Lipinski definition) is 12. The van der Waals surface area contributed by atoms with Crippen molar-refractivity contribution in [1.29, 1.82) is 0 Å². The highest BCUT2D eigenvalue weighted by Crippen LogP contribution is 2.33. The van der Waals surface area contributed by atoms with Crippen LogP contribution in [0.15, 0.2) is 91.0 Å². The van der Waals surface area contributed by atoms with Gasteiger partial charge in [0, 0.05) is 70.8 Å². The lowest BCUT2D eigenvalue weighted by atomic mass is 9.96. The molecule has 0 spiro atoms. The smallest absolute Gasteiger partial charge is 0.222 e. The minimum Gasteiger partial charge on any atom is -0.491 e. The predicted octanol–water partition coefficient (Wildman–Crippen LogP) is 19.0. The van der Waals surface area contributed by atoms with Crippen LogP contribution in [0.4, 0.5) is 0 Å². The highest BCUT2D eigenvalue weighted by molar-refractivity contribution is 6.32. The van der Waals surface area contributed by atoms with Crippen molar-refractivity contribution < 1.29 is 56.9 Å². The Labute approximate surface area is 539 Å². The molecule has 0 saturated carbocycles. The van der Waals surface area contributed by atoms with Crippen molar-refractivity contribution in [3.05, 3.63) is 157 Å². The van der Waals surface area contributed by atoms with Gasteiger partial charge in [-0.1, -0.05) is 158 Å². The van der Waals surface area contributed by atoms with Crippen molar-refractivity contribution in [3.63, 3.8) is 0 Å². The molecule has 0 aliphatic rings. The normalized spacial score (nSPS) is 11.3. The molecule has 3 unspecified atom stereocenters. The number of hydrogen-bond donors (Lipinski definition) is 1. The molecule has 14 heteroatoms. The van der Waals surface area contributed by atoms with Gasteiger partial charge in [-0.15, -0.1) is 0 Å². The number of carbonyl (C=O) groups is 1. The van der Waals surface area contributed by atoms with Gasteiger partial charge in [0.1, 0.15) is 61.8 Å². The summed E-state index contributed by atoms with van der Waals surface area (Å²) in [5.41, 5.74) is 12.1. The van der Waals surface area contributed by atoms with Crippen molar-refractivity contribution >= 4 is 28.3 Å². The van der Waals surface area contributed by atoms with E-state index in [1.54, 1.807) is 42.7 Å². The standard InChI is InChI=1S/C27H34O4.C24H33ClO5.C17H27NO3.6CH4/c1-6-20(3)21-7-8-23-16-26(10-9-22(23)15-21)30-11-12-31-27-24(17-28-4)13-19(2)14-25(27)18-29-5;1-6-17(2)19-7-8-23(22(25)13-19)29-9-10-30-24-20(15-27-4)11-18(14-26-3)12-21(24)16-28-5;1-6-12(2)17(19)18-7-8-21-16-13(3)9-15(11-20-5)10-14(16)4;;;;;;/h7-10,13-16,20H,6,11-12,17-18H2,1-5H3;7-8,11-13,17H,6,9-10,14-16H2,1-5H3;9-10,12H,6-8,11H2,1-5H3,(H,18,19);6*1H4. The van der Waals surface area contributed by atoms with Gasteiger partial charge >= 0.3 is 0 Å². The first-order chi connectivity index (χ1) is 39.6. The lowest BCUT2D eigenvalue weighted by molar-refractivity contribution is -0.124. The van der Waals surface area contributed by atoms with Crippen molar-refractivity contribution in [2.45, 2.75) is 178 Å². The van der Waals surface area contributed by atoms with Crippen LogP contribution in [0.1, 0.15) is 178 Å². The number of ether oxygens (including phenoxy) is 11. The molecule has 0 saturated heterocycles. The van der Waals surface area contributed by atoms with E-state index in [9.17, 15) is 4.79 Å². The Morgan fingerprint density at radius 1 is 0.443 bits per heavy atom. The van der Waals surface area contributed by atoms with Crippen molar-refractivity contribution in [2.24, 2.45) is 5.92 Å². The van der Waals surface area contributed by atoms with Crippen LogP contribution in [-0.2, 0) is 72.9 Å². The number of fused-ring (bicyclic) bond motifs is 1. The Kier molecular flexibility index (Phi) is 46.2. The molecule has 0 bridgehead atoms. The van der Waals surface area contributed by atoms with Gasteiger partial charge < -0.3 is 57.4 Å². The Bertz CT molecular complexity index is 2780. The number of rotatable bonds is 32. The van der Waals surface area contributed by atoms with Crippen LogP contribution in [0.5, 0.6) is 28.7 Å². The predicted molar refractivity (Wildman–Crippen MR) is 371 cm³/mol. The second kappa shape index (κ2) is 47.1. The Balaban J connectivity index is -0.00000121. The molecule has 0 radical (unpaired) electrons. The van der Waals surface area contributed by atoms with Crippen LogP contribution in [0.25, 0.3) is 10.8 Å². The van der Waals surface area contributed by atoms with Gasteiger partial charge in [0.25, 0.3) is 0 Å². The molecular formula is C74H118ClNO12. The van der Waals surface area contributed by atoms with Crippen LogP contribution >= 0.6 is 11.6 Å². The van der Waals surface area contributed by atoms with E-state index in [2.05, 4.69) is 101 Å². The van der Waals surface area contributed by atoms with Crippen molar-refractivity contribution in [3.8, 4) is 28.7 Å². The van der Waals surface area contributed by atoms with Crippen LogP contribution in [0.3, 0.4) is 0 Å². The summed E-state index contributed by atoms with van der Waals surface area (Å²) in [6.45, 7) is 24.6. The fourth-order valence-corrected chi connectivity index (χ4v) is 9.52. The van der Waals surface area contributed by atoms with E-state index in [1.165, 1.54) is 21.9 Å². The van der Waals surface area contributed by atoms with E-state index in [0.29, 0.717) is 102 Å². The van der Waals surface area contributed by atoms with Gasteiger partial charge in [0.05, 0.1) is 51.2 Å². The molecule has 0 heterocycles. The molecule has 6 aromatic rings. The first kappa shape index (κ1) is 86.3. The summed E-state index contributed by atoms with van der Waals surface area (Å²) in [7, 11) is 10.1. The summed E-state index contributed by atoms with van der Waals surface area (Å²) in [6, 6.07) is 31.3. The van der Waals surface area contributed by atoms with Crippen LogP contribution in [-0.4, -0.2) is 88.1 Å². The van der Waals surface area contributed by atoms with E-state index < -0.39 is 0 Å². The largest absolute Gasteiger partial charge is 0.491 e. The zero-order valence-electron chi connectivity index (χ0n) is 51.8. The maximum Gasteiger partial charge on any atom is 0.222 e. The minimum absolute atomic E-state index is 0. The van der Waals surface area contributed by atoms with Crippen molar-refractivity contribution in [2.75, 3.05) is 82.2 Å². The average molecular weight is 1250 g/mol. The van der Waals surface area contributed by atoms with E-state index in [4.69, 9.17) is 63.7 Å². The molecular weight excluding hydrogens is 1130 g/mol. The van der Waals surface area contributed by atoms with Gasteiger partial charge in [0.2, 0.25) is 5.91 Å². The number of amides is 1. The number of halogens is 1. The number of aryl methyl sites for hydroxylation is 3. The number of nitrogens with one attached hydrogen (secondary N) is 1. The number of methoxy groups -OCH3 is 6. The molecule has 0 aliphatic heterocycles. The van der Waals surface area contributed by atoms with Gasteiger partial charge in [0.15, 0.2) is 0 Å². The topological polar surface area (TPSA) is 131 Å². The van der Waals surface area contributed by atoms with Crippen molar-refractivity contribution in [1.82, 2.24) is 5.32 Å². The monoisotopic (exact) mass is 1250 g/mol. The quantitative estimate of drug-likeness (QED) is 0.0404. The van der Waals surface area contributed by atoms with E-state index in [1.807, 2.05) is 58.0 Å². The molecule has 0 aromatic heterocycles. The number of carbonyl (C=O) groups excluding carboxylic acids is 1. The molecule has 6 rings (SSSR count). The third-order valence-electron chi connectivity index (χ3n) is 14.1. The summed E-state index contributed by atoms with van der Waals surface area (Å²) in [5.74, 6) is 5.20. The molecule has 6 aromatic carbocycles. The maximum atomic E-state index is 11.7. The first-order valence-electron chi connectivity index (χ1n) is 28.6. The summed E-state index contributed by atoms with van der Waals surface area (Å²) in [6.07, 6.45) is 3.07.